The van der Waals surface area contributed by atoms with Crippen LogP contribution in [0.4, 0.5) is 0 Å². The standard InChI is InChI=1S/C23H17BrCl2N2O3S/c1-3-31-22(30)19-12(2)27-23-28(20(19)13-4-7-15(24)8-5-13)21(29)18(32-23)10-14-6-9-16(25)11-17(14)26/h4-11,20H,3H2,1-2H3. The molecule has 9 heteroatoms. The van der Waals surface area contributed by atoms with Crippen LogP contribution < -0.4 is 14.9 Å². The van der Waals surface area contributed by atoms with Crippen LogP contribution in [0, 0.1) is 0 Å². The number of fused-ring (bicyclic) bond motifs is 1. The monoisotopic (exact) mass is 550 g/mol. The summed E-state index contributed by atoms with van der Waals surface area (Å²) in [4.78, 5) is 31.4. The Morgan fingerprint density at radius 2 is 1.97 bits per heavy atom. The minimum absolute atomic E-state index is 0.224. The predicted molar refractivity (Wildman–Crippen MR) is 131 cm³/mol. The summed E-state index contributed by atoms with van der Waals surface area (Å²) in [6.07, 6.45) is 1.71. The van der Waals surface area contributed by atoms with Crippen LogP contribution in [0.25, 0.3) is 6.08 Å². The summed E-state index contributed by atoms with van der Waals surface area (Å²) in [7, 11) is 0. The fourth-order valence-electron chi connectivity index (χ4n) is 3.51. The zero-order chi connectivity index (χ0) is 23.0. The highest BCUT2D eigenvalue weighted by atomic mass is 79.9. The topological polar surface area (TPSA) is 60.7 Å². The SMILES string of the molecule is CCOC(=O)C1=C(C)N=c2sc(=Cc3ccc(Cl)cc3Cl)c(=O)n2C1c1ccc(Br)cc1. The first-order chi connectivity index (χ1) is 15.3. The van der Waals surface area contributed by atoms with Gasteiger partial charge in [-0.15, -0.1) is 0 Å². The molecule has 0 fully saturated rings. The normalized spacial score (nSPS) is 16.0. The molecular formula is C23H17BrCl2N2O3S. The van der Waals surface area contributed by atoms with Gasteiger partial charge in [-0.2, -0.15) is 0 Å². The minimum atomic E-state index is -0.652. The average molecular weight is 552 g/mol. The van der Waals surface area contributed by atoms with Crippen molar-refractivity contribution in [2.24, 2.45) is 4.99 Å². The predicted octanol–water partition coefficient (Wildman–Crippen LogP) is 4.87. The maximum atomic E-state index is 13.5. The molecule has 5 nitrogen and oxygen atoms in total. The molecular weight excluding hydrogens is 535 g/mol. The number of hydrogen-bond acceptors (Lipinski definition) is 5. The largest absolute Gasteiger partial charge is 0.463 e. The third kappa shape index (κ3) is 4.35. The van der Waals surface area contributed by atoms with E-state index in [0.717, 1.165) is 10.0 Å². The maximum absolute atomic E-state index is 13.5. The second-order valence-electron chi connectivity index (χ2n) is 7.02. The van der Waals surface area contributed by atoms with Crippen LogP contribution in [0.1, 0.15) is 31.0 Å². The Kier molecular flexibility index (Phi) is 6.72. The molecule has 164 valence electrons. The molecule has 1 unspecified atom stereocenters. The number of carbonyl (C=O) groups is 1. The van der Waals surface area contributed by atoms with Gasteiger partial charge in [-0.3, -0.25) is 9.36 Å². The summed E-state index contributed by atoms with van der Waals surface area (Å²) in [5, 5.41) is 0.953. The number of nitrogens with zero attached hydrogens (tertiary/aromatic N) is 2. The van der Waals surface area contributed by atoms with Crippen molar-refractivity contribution >= 4 is 62.5 Å². The van der Waals surface area contributed by atoms with Gasteiger partial charge in [0.25, 0.3) is 5.56 Å². The van der Waals surface area contributed by atoms with Gasteiger partial charge in [-0.25, -0.2) is 9.79 Å². The minimum Gasteiger partial charge on any atom is -0.463 e. The fraction of sp³-hybridized carbons (Fsp3) is 0.174. The second-order valence-corrected chi connectivity index (χ2v) is 9.79. The summed E-state index contributed by atoms with van der Waals surface area (Å²) in [6.45, 7) is 3.72. The number of allylic oxidation sites excluding steroid dienone is 1. The molecule has 1 aliphatic heterocycles. The molecule has 0 amide bonds. The number of hydrogen-bond donors (Lipinski definition) is 0. The Morgan fingerprint density at radius 1 is 1.25 bits per heavy atom. The lowest BCUT2D eigenvalue weighted by Gasteiger charge is -2.24. The van der Waals surface area contributed by atoms with E-state index in [9.17, 15) is 9.59 Å². The second kappa shape index (κ2) is 9.35. The molecule has 0 aliphatic carbocycles. The van der Waals surface area contributed by atoms with Crippen molar-refractivity contribution in [1.82, 2.24) is 4.57 Å². The van der Waals surface area contributed by atoms with E-state index in [1.807, 2.05) is 24.3 Å². The molecule has 2 aromatic carbocycles. The Balaban J connectivity index is 1.96. The number of benzene rings is 2. The molecule has 2 heterocycles. The summed E-state index contributed by atoms with van der Waals surface area (Å²) in [5.41, 5.74) is 2.05. The smallest absolute Gasteiger partial charge is 0.338 e. The van der Waals surface area contributed by atoms with Gasteiger partial charge in [0.2, 0.25) is 0 Å². The Morgan fingerprint density at radius 3 is 2.62 bits per heavy atom. The van der Waals surface area contributed by atoms with Gasteiger partial charge >= 0.3 is 5.97 Å². The number of thiazole rings is 1. The zero-order valence-corrected chi connectivity index (χ0v) is 21.0. The lowest BCUT2D eigenvalue weighted by molar-refractivity contribution is -0.139. The highest BCUT2D eigenvalue weighted by Crippen LogP contribution is 2.31. The third-order valence-corrected chi connectivity index (χ3v) is 7.03. The van der Waals surface area contributed by atoms with Crippen molar-refractivity contribution in [3.05, 3.63) is 99.1 Å². The van der Waals surface area contributed by atoms with Crippen LogP contribution in [0.3, 0.4) is 0 Å². The van der Waals surface area contributed by atoms with Crippen molar-refractivity contribution in [1.29, 1.82) is 0 Å². The van der Waals surface area contributed by atoms with Crippen molar-refractivity contribution < 1.29 is 9.53 Å². The van der Waals surface area contributed by atoms with E-state index in [1.54, 1.807) is 42.7 Å². The fourth-order valence-corrected chi connectivity index (χ4v) is 5.28. The molecule has 1 aliphatic rings. The van der Waals surface area contributed by atoms with E-state index in [2.05, 4.69) is 20.9 Å². The van der Waals surface area contributed by atoms with E-state index < -0.39 is 12.0 Å². The summed E-state index contributed by atoms with van der Waals surface area (Å²) < 4.78 is 8.19. The van der Waals surface area contributed by atoms with E-state index in [-0.39, 0.29) is 12.2 Å². The maximum Gasteiger partial charge on any atom is 0.338 e. The lowest BCUT2D eigenvalue weighted by Crippen LogP contribution is -2.39. The first kappa shape index (κ1) is 23.0. The van der Waals surface area contributed by atoms with Crippen LogP contribution in [-0.2, 0) is 9.53 Å². The first-order valence-corrected chi connectivity index (χ1v) is 12.1. The molecule has 0 bridgehead atoms. The molecule has 0 saturated heterocycles. The lowest BCUT2D eigenvalue weighted by atomic mass is 9.96. The highest BCUT2D eigenvalue weighted by molar-refractivity contribution is 9.10. The highest BCUT2D eigenvalue weighted by Gasteiger charge is 2.33. The number of aromatic nitrogens is 1. The molecule has 32 heavy (non-hydrogen) atoms. The van der Waals surface area contributed by atoms with E-state index in [4.69, 9.17) is 27.9 Å². The van der Waals surface area contributed by atoms with E-state index in [0.29, 0.717) is 36.2 Å². The quantitative estimate of drug-likeness (QED) is 0.435. The van der Waals surface area contributed by atoms with Crippen LogP contribution in [0.5, 0.6) is 0 Å². The van der Waals surface area contributed by atoms with Gasteiger partial charge in [-0.05, 0) is 55.3 Å². The van der Waals surface area contributed by atoms with Gasteiger partial charge in [0.1, 0.15) is 0 Å². The van der Waals surface area contributed by atoms with Crippen molar-refractivity contribution in [3.63, 3.8) is 0 Å². The molecule has 0 spiro atoms. The van der Waals surface area contributed by atoms with Crippen LogP contribution >= 0.6 is 50.5 Å². The van der Waals surface area contributed by atoms with Gasteiger partial charge in [0.15, 0.2) is 4.80 Å². The molecule has 0 N–H and O–H groups in total. The van der Waals surface area contributed by atoms with E-state index in [1.165, 1.54) is 11.3 Å². The number of ether oxygens (including phenoxy) is 1. The van der Waals surface area contributed by atoms with Gasteiger partial charge in [0, 0.05) is 14.5 Å². The number of carbonyl (C=O) groups excluding carboxylic acids is 1. The molecule has 0 radical (unpaired) electrons. The molecule has 0 saturated carbocycles. The first-order valence-electron chi connectivity index (χ1n) is 9.70. The van der Waals surface area contributed by atoms with Crippen molar-refractivity contribution in [2.45, 2.75) is 19.9 Å². The Hall–Kier alpha value is -2.19. The Labute approximate surface area is 206 Å². The number of rotatable bonds is 4. The van der Waals surface area contributed by atoms with Crippen molar-refractivity contribution in [2.75, 3.05) is 6.61 Å². The molecule has 4 rings (SSSR count). The average Bonchev–Trinajstić information content (AvgIpc) is 3.04. The third-order valence-electron chi connectivity index (χ3n) is 4.95. The molecule has 3 aromatic rings. The van der Waals surface area contributed by atoms with Crippen LogP contribution in [-0.4, -0.2) is 17.1 Å². The zero-order valence-electron chi connectivity index (χ0n) is 17.1. The van der Waals surface area contributed by atoms with Crippen LogP contribution in [0.2, 0.25) is 10.0 Å². The number of halogens is 3. The summed E-state index contributed by atoms with van der Waals surface area (Å²) in [5.74, 6) is -0.489. The van der Waals surface area contributed by atoms with Crippen LogP contribution in [0.15, 0.2) is 68.0 Å². The van der Waals surface area contributed by atoms with Crippen molar-refractivity contribution in [3.8, 4) is 0 Å². The van der Waals surface area contributed by atoms with Gasteiger partial charge in [-0.1, -0.05) is 68.7 Å². The molecule has 1 atom stereocenters. The summed E-state index contributed by atoms with van der Waals surface area (Å²) in [6, 6.07) is 11.9. The molecule has 1 aromatic heterocycles. The Bertz CT molecular complexity index is 1420. The van der Waals surface area contributed by atoms with Gasteiger partial charge < -0.3 is 4.74 Å². The number of esters is 1. The summed E-state index contributed by atoms with van der Waals surface area (Å²) >= 11 is 17.0. The van der Waals surface area contributed by atoms with E-state index >= 15 is 0 Å². The van der Waals surface area contributed by atoms with Gasteiger partial charge in [0.05, 0.1) is 28.5 Å².